The number of carbonyl (C=O) groups excluding carboxylic acids is 2. The SMILES string of the molecule is CC=C(C)C(OC(=O)c1ccccc1)C(C)=O. The van der Waals surface area contributed by atoms with Crippen LogP contribution in [-0.4, -0.2) is 17.9 Å². The number of hydrogen-bond donors (Lipinski definition) is 0. The van der Waals surface area contributed by atoms with Crippen LogP contribution in [0.4, 0.5) is 0 Å². The van der Waals surface area contributed by atoms with Crippen LogP contribution in [0.25, 0.3) is 0 Å². The summed E-state index contributed by atoms with van der Waals surface area (Å²) in [6.07, 6.45) is 0.984. The average molecular weight is 232 g/mol. The van der Waals surface area contributed by atoms with Gasteiger partial charge in [-0.25, -0.2) is 4.79 Å². The van der Waals surface area contributed by atoms with Crippen LogP contribution >= 0.6 is 0 Å². The molecule has 0 N–H and O–H groups in total. The van der Waals surface area contributed by atoms with E-state index in [0.717, 1.165) is 5.57 Å². The molecule has 1 aromatic carbocycles. The van der Waals surface area contributed by atoms with Gasteiger partial charge in [0.15, 0.2) is 11.9 Å². The van der Waals surface area contributed by atoms with Gasteiger partial charge in [-0.1, -0.05) is 24.3 Å². The van der Waals surface area contributed by atoms with Gasteiger partial charge in [0.2, 0.25) is 0 Å². The van der Waals surface area contributed by atoms with Crippen LogP contribution in [0.15, 0.2) is 42.0 Å². The average Bonchev–Trinajstić information content (AvgIpc) is 2.35. The van der Waals surface area contributed by atoms with Crippen molar-refractivity contribution in [2.75, 3.05) is 0 Å². The maximum absolute atomic E-state index is 11.8. The molecule has 0 aliphatic carbocycles. The van der Waals surface area contributed by atoms with Gasteiger partial charge in [-0.3, -0.25) is 4.79 Å². The molecule has 0 heterocycles. The fraction of sp³-hybridized carbons (Fsp3) is 0.286. The second kappa shape index (κ2) is 5.99. The van der Waals surface area contributed by atoms with E-state index in [2.05, 4.69) is 0 Å². The number of allylic oxidation sites excluding steroid dienone is 1. The van der Waals surface area contributed by atoms with Crippen LogP contribution in [0.2, 0.25) is 0 Å². The molecule has 3 nitrogen and oxygen atoms in total. The molecule has 0 radical (unpaired) electrons. The lowest BCUT2D eigenvalue weighted by Gasteiger charge is -2.15. The summed E-state index contributed by atoms with van der Waals surface area (Å²) >= 11 is 0. The molecule has 0 bridgehead atoms. The highest BCUT2D eigenvalue weighted by Crippen LogP contribution is 2.11. The third kappa shape index (κ3) is 3.55. The normalized spacial score (nSPS) is 13.0. The van der Waals surface area contributed by atoms with E-state index in [-0.39, 0.29) is 5.78 Å². The fourth-order valence-corrected chi connectivity index (χ4v) is 1.40. The molecule has 1 aromatic rings. The number of hydrogen-bond acceptors (Lipinski definition) is 3. The number of benzene rings is 1. The van der Waals surface area contributed by atoms with Crippen molar-refractivity contribution in [1.82, 2.24) is 0 Å². The van der Waals surface area contributed by atoms with E-state index in [1.165, 1.54) is 6.92 Å². The molecule has 17 heavy (non-hydrogen) atoms. The minimum atomic E-state index is -0.785. The Hall–Kier alpha value is -1.90. The van der Waals surface area contributed by atoms with Gasteiger partial charge in [0.1, 0.15) is 0 Å². The first-order valence-corrected chi connectivity index (χ1v) is 5.45. The highest BCUT2D eigenvalue weighted by molar-refractivity contribution is 5.93. The van der Waals surface area contributed by atoms with Crippen LogP contribution in [0.3, 0.4) is 0 Å². The third-order valence-electron chi connectivity index (χ3n) is 2.47. The van der Waals surface area contributed by atoms with E-state index in [1.807, 2.05) is 13.0 Å². The lowest BCUT2D eigenvalue weighted by molar-refractivity contribution is -0.123. The van der Waals surface area contributed by atoms with Gasteiger partial charge in [0, 0.05) is 0 Å². The van der Waals surface area contributed by atoms with Gasteiger partial charge < -0.3 is 4.74 Å². The maximum atomic E-state index is 11.8. The van der Waals surface area contributed by atoms with Crippen LogP contribution in [0, 0.1) is 0 Å². The molecular formula is C14H16O3. The molecule has 3 heteroatoms. The zero-order valence-corrected chi connectivity index (χ0v) is 10.3. The minimum absolute atomic E-state index is 0.176. The highest BCUT2D eigenvalue weighted by atomic mass is 16.5. The molecule has 0 spiro atoms. The van der Waals surface area contributed by atoms with Crippen molar-refractivity contribution in [1.29, 1.82) is 0 Å². The Morgan fingerprint density at radius 3 is 2.24 bits per heavy atom. The summed E-state index contributed by atoms with van der Waals surface area (Å²) in [6.45, 7) is 4.99. The number of esters is 1. The van der Waals surface area contributed by atoms with Crippen LogP contribution in [0.5, 0.6) is 0 Å². The van der Waals surface area contributed by atoms with Crippen molar-refractivity contribution in [3.05, 3.63) is 47.5 Å². The number of rotatable bonds is 4. The molecule has 0 amide bonds. The summed E-state index contributed by atoms with van der Waals surface area (Å²) in [5.41, 5.74) is 1.18. The summed E-state index contributed by atoms with van der Waals surface area (Å²) in [5, 5.41) is 0. The largest absolute Gasteiger partial charge is 0.446 e. The summed E-state index contributed by atoms with van der Waals surface area (Å²) in [6, 6.07) is 8.63. The van der Waals surface area contributed by atoms with Crippen molar-refractivity contribution in [3.8, 4) is 0 Å². The molecule has 0 aliphatic rings. The van der Waals surface area contributed by atoms with Gasteiger partial charge >= 0.3 is 5.97 Å². The van der Waals surface area contributed by atoms with E-state index in [4.69, 9.17) is 4.74 Å². The Morgan fingerprint density at radius 1 is 1.18 bits per heavy atom. The van der Waals surface area contributed by atoms with E-state index < -0.39 is 12.1 Å². The molecule has 90 valence electrons. The number of ether oxygens (including phenoxy) is 1. The number of Topliss-reactive ketones (excluding diaryl/α,β-unsaturated/α-hetero) is 1. The second-order valence-corrected chi connectivity index (χ2v) is 3.79. The first-order valence-electron chi connectivity index (χ1n) is 5.45. The second-order valence-electron chi connectivity index (χ2n) is 3.79. The van der Waals surface area contributed by atoms with Gasteiger partial charge in [-0.2, -0.15) is 0 Å². The Bertz CT molecular complexity index is 432. The Kier molecular flexibility index (Phi) is 4.64. The predicted molar refractivity (Wildman–Crippen MR) is 65.8 cm³/mol. The van der Waals surface area contributed by atoms with Gasteiger partial charge in [-0.15, -0.1) is 0 Å². The van der Waals surface area contributed by atoms with Crippen LogP contribution < -0.4 is 0 Å². The molecular weight excluding hydrogens is 216 g/mol. The van der Waals surface area contributed by atoms with E-state index in [9.17, 15) is 9.59 Å². The first-order chi connectivity index (χ1) is 8.06. The standard InChI is InChI=1S/C14H16O3/c1-4-10(2)13(11(3)15)17-14(16)12-8-6-5-7-9-12/h4-9,13H,1-3H3. The predicted octanol–water partition coefficient (Wildman–Crippen LogP) is 2.77. The Balaban J connectivity index is 2.82. The van der Waals surface area contributed by atoms with Crippen LogP contribution in [-0.2, 0) is 9.53 Å². The molecule has 1 unspecified atom stereocenters. The topological polar surface area (TPSA) is 43.4 Å². The summed E-state index contributed by atoms with van der Waals surface area (Å²) in [5.74, 6) is -0.656. The third-order valence-corrected chi connectivity index (χ3v) is 2.47. The molecule has 0 aromatic heterocycles. The molecule has 0 saturated heterocycles. The quantitative estimate of drug-likeness (QED) is 0.592. The zero-order valence-electron chi connectivity index (χ0n) is 10.3. The first kappa shape index (κ1) is 13.2. The molecule has 0 aliphatic heterocycles. The highest BCUT2D eigenvalue weighted by Gasteiger charge is 2.21. The summed E-state index contributed by atoms with van der Waals surface area (Å²) < 4.78 is 5.19. The molecule has 1 atom stereocenters. The van der Waals surface area contributed by atoms with E-state index in [1.54, 1.807) is 37.3 Å². The maximum Gasteiger partial charge on any atom is 0.339 e. The van der Waals surface area contributed by atoms with Gasteiger partial charge in [-0.05, 0) is 38.5 Å². The summed E-state index contributed by atoms with van der Waals surface area (Å²) in [7, 11) is 0. The molecule has 1 rings (SSSR count). The zero-order chi connectivity index (χ0) is 12.8. The Labute approximate surface area is 101 Å². The van der Waals surface area contributed by atoms with Crippen molar-refractivity contribution in [2.45, 2.75) is 26.9 Å². The molecule has 0 saturated carbocycles. The number of ketones is 1. The monoisotopic (exact) mass is 232 g/mol. The van der Waals surface area contributed by atoms with Gasteiger partial charge in [0.25, 0.3) is 0 Å². The summed E-state index contributed by atoms with van der Waals surface area (Å²) in [4.78, 5) is 23.2. The van der Waals surface area contributed by atoms with Crippen molar-refractivity contribution < 1.29 is 14.3 Å². The van der Waals surface area contributed by atoms with E-state index in [0.29, 0.717) is 5.56 Å². The Morgan fingerprint density at radius 2 is 1.76 bits per heavy atom. The lowest BCUT2D eigenvalue weighted by Crippen LogP contribution is -2.26. The molecule has 0 fully saturated rings. The van der Waals surface area contributed by atoms with Crippen molar-refractivity contribution in [3.63, 3.8) is 0 Å². The smallest absolute Gasteiger partial charge is 0.339 e. The number of carbonyl (C=O) groups is 2. The van der Waals surface area contributed by atoms with E-state index >= 15 is 0 Å². The van der Waals surface area contributed by atoms with Crippen molar-refractivity contribution in [2.24, 2.45) is 0 Å². The van der Waals surface area contributed by atoms with Crippen molar-refractivity contribution >= 4 is 11.8 Å². The lowest BCUT2D eigenvalue weighted by atomic mass is 10.1. The minimum Gasteiger partial charge on any atom is -0.446 e. The van der Waals surface area contributed by atoms with Crippen LogP contribution in [0.1, 0.15) is 31.1 Å². The van der Waals surface area contributed by atoms with Gasteiger partial charge in [0.05, 0.1) is 5.56 Å². The fourth-order valence-electron chi connectivity index (χ4n) is 1.40.